The molecular formula is C10H14N4O2S. The van der Waals surface area contributed by atoms with Crippen LogP contribution in [0.4, 0.5) is 0 Å². The van der Waals surface area contributed by atoms with Crippen molar-refractivity contribution in [3.8, 4) is 0 Å². The van der Waals surface area contributed by atoms with Gasteiger partial charge in [0.15, 0.2) is 0 Å². The molecule has 2 aromatic rings. The van der Waals surface area contributed by atoms with Crippen LogP contribution in [0.2, 0.25) is 0 Å². The van der Waals surface area contributed by atoms with Crippen LogP contribution in [0.5, 0.6) is 0 Å². The van der Waals surface area contributed by atoms with E-state index < -0.39 is 0 Å². The lowest BCUT2D eigenvalue weighted by Gasteiger charge is -2.02. The third kappa shape index (κ3) is 3.57. The lowest BCUT2D eigenvalue weighted by Crippen LogP contribution is -2.04. The number of hydrogen-bond acceptors (Lipinski definition) is 6. The molecule has 0 saturated heterocycles. The zero-order valence-electron chi connectivity index (χ0n) is 9.57. The van der Waals surface area contributed by atoms with Gasteiger partial charge in [0.1, 0.15) is 12.3 Å². The third-order valence-electron chi connectivity index (χ3n) is 2.05. The molecule has 0 bridgehead atoms. The summed E-state index contributed by atoms with van der Waals surface area (Å²) in [5, 5.41) is 12.3. The van der Waals surface area contributed by atoms with Crippen molar-refractivity contribution < 1.29 is 9.15 Å². The minimum absolute atomic E-state index is 0.553. The van der Waals surface area contributed by atoms with Crippen LogP contribution in [0.3, 0.4) is 0 Å². The SMILES string of the molecule is CCOCCSc1nnnn1Cc1ccco1. The van der Waals surface area contributed by atoms with Crippen LogP contribution in [0.1, 0.15) is 12.7 Å². The summed E-state index contributed by atoms with van der Waals surface area (Å²) < 4.78 is 12.2. The summed E-state index contributed by atoms with van der Waals surface area (Å²) >= 11 is 1.58. The van der Waals surface area contributed by atoms with Gasteiger partial charge >= 0.3 is 0 Å². The minimum atomic E-state index is 0.553. The van der Waals surface area contributed by atoms with Crippen LogP contribution in [0.25, 0.3) is 0 Å². The molecule has 0 N–H and O–H groups in total. The van der Waals surface area contributed by atoms with Crippen LogP contribution in [-0.4, -0.2) is 39.2 Å². The molecule has 0 aliphatic rings. The van der Waals surface area contributed by atoms with Crippen molar-refractivity contribution in [3.05, 3.63) is 24.2 Å². The second-order valence-corrected chi connectivity index (χ2v) is 4.31. The average Bonchev–Trinajstić information content (AvgIpc) is 2.97. The predicted molar refractivity (Wildman–Crippen MR) is 62.8 cm³/mol. The first kappa shape index (κ1) is 12.1. The molecular weight excluding hydrogens is 240 g/mol. The van der Waals surface area contributed by atoms with E-state index in [0.717, 1.165) is 23.3 Å². The number of aromatic nitrogens is 4. The van der Waals surface area contributed by atoms with Gasteiger partial charge in [0.25, 0.3) is 0 Å². The van der Waals surface area contributed by atoms with E-state index >= 15 is 0 Å². The van der Waals surface area contributed by atoms with Crippen molar-refractivity contribution in [2.24, 2.45) is 0 Å². The molecule has 0 atom stereocenters. The molecule has 0 amide bonds. The Morgan fingerprint density at radius 3 is 3.24 bits per heavy atom. The fraction of sp³-hybridized carbons (Fsp3) is 0.500. The zero-order chi connectivity index (χ0) is 11.9. The third-order valence-corrected chi connectivity index (χ3v) is 2.97. The maximum Gasteiger partial charge on any atom is 0.209 e. The topological polar surface area (TPSA) is 66.0 Å². The van der Waals surface area contributed by atoms with Crippen LogP contribution in [-0.2, 0) is 11.3 Å². The molecule has 2 heterocycles. The Balaban J connectivity index is 1.88. The van der Waals surface area contributed by atoms with E-state index in [1.807, 2.05) is 19.1 Å². The molecule has 92 valence electrons. The highest BCUT2D eigenvalue weighted by molar-refractivity contribution is 7.99. The van der Waals surface area contributed by atoms with E-state index in [-0.39, 0.29) is 0 Å². The van der Waals surface area contributed by atoms with Crippen molar-refractivity contribution in [3.63, 3.8) is 0 Å². The van der Waals surface area contributed by atoms with Crippen molar-refractivity contribution in [1.82, 2.24) is 20.2 Å². The van der Waals surface area contributed by atoms with E-state index in [1.54, 1.807) is 22.7 Å². The summed E-state index contributed by atoms with van der Waals surface area (Å²) in [5.41, 5.74) is 0. The number of hydrogen-bond donors (Lipinski definition) is 0. The lowest BCUT2D eigenvalue weighted by atomic mass is 10.4. The standard InChI is InChI=1S/C10H14N4O2S/c1-2-15-6-7-17-10-11-12-13-14(10)8-9-4-3-5-16-9/h3-5H,2,6-8H2,1H3. The molecule has 0 fully saturated rings. The normalized spacial score (nSPS) is 10.9. The largest absolute Gasteiger partial charge is 0.467 e. The Labute approximate surface area is 103 Å². The predicted octanol–water partition coefficient (Wildman–Crippen LogP) is 1.44. The first-order chi connectivity index (χ1) is 8.40. The summed E-state index contributed by atoms with van der Waals surface area (Å²) in [4.78, 5) is 0. The molecule has 7 heteroatoms. The van der Waals surface area contributed by atoms with E-state index in [2.05, 4.69) is 15.5 Å². The number of nitrogens with zero attached hydrogens (tertiary/aromatic N) is 4. The maximum atomic E-state index is 5.26. The van der Waals surface area contributed by atoms with Gasteiger partial charge in [0, 0.05) is 12.4 Å². The Morgan fingerprint density at radius 1 is 1.53 bits per heavy atom. The van der Waals surface area contributed by atoms with Gasteiger partial charge in [-0.05, 0) is 29.5 Å². The van der Waals surface area contributed by atoms with Gasteiger partial charge in [-0.15, -0.1) is 5.10 Å². The van der Waals surface area contributed by atoms with Gasteiger partial charge in [0.05, 0.1) is 12.9 Å². The van der Waals surface area contributed by atoms with Crippen LogP contribution in [0.15, 0.2) is 28.0 Å². The van der Waals surface area contributed by atoms with Gasteiger partial charge in [-0.25, -0.2) is 4.68 Å². The van der Waals surface area contributed by atoms with E-state index in [1.165, 1.54) is 0 Å². The van der Waals surface area contributed by atoms with Crippen molar-refractivity contribution in [1.29, 1.82) is 0 Å². The molecule has 6 nitrogen and oxygen atoms in total. The molecule has 0 saturated carbocycles. The summed E-state index contributed by atoms with van der Waals surface area (Å²) in [6, 6.07) is 3.75. The number of ether oxygens (including phenoxy) is 1. The summed E-state index contributed by atoms with van der Waals surface area (Å²) in [7, 11) is 0. The summed E-state index contributed by atoms with van der Waals surface area (Å²) in [6.07, 6.45) is 1.64. The van der Waals surface area contributed by atoms with Crippen LogP contribution < -0.4 is 0 Å². The van der Waals surface area contributed by atoms with Crippen molar-refractivity contribution in [2.45, 2.75) is 18.6 Å². The molecule has 2 aromatic heterocycles. The van der Waals surface area contributed by atoms with Gasteiger partial charge in [0.2, 0.25) is 5.16 Å². The number of tetrazole rings is 1. The molecule has 0 aliphatic heterocycles. The van der Waals surface area contributed by atoms with Crippen LogP contribution >= 0.6 is 11.8 Å². The smallest absolute Gasteiger partial charge is 0.209 e. The average molecular weight is 254 g/mol. The van der Waals surface area contributed by atoms with E-state index in [9.17, 15) is 0 Å². The molecule has 0 unspecified atom stereocenters. The fourth-order valence-electron chi connectivity index (χ4n) is 1.29. The van der Waals surface area contributed by atoms with E-state index in [0.29, 0.717) is 13.2 Å². The Morgan fingerprint density at radius 2 is 2.47 bits per heavy atom. The number of thioether (sulfide) groups is 1. The fourth-order valence-corrected chi connectivity index (χ4v) is 2.01. The first-order valence-corrected chi connectivity index (χ1v) is 6.38. The first-order valence-electron chi connectivity index (χ1n) is 5.39. The van der Waals surface area contributed by atoms with Gasteiger partial charge in [-0.2, -0.15) is 0 Å². The monoisotopic (exact) mass is 254 g/mol. The molecule has 17 heavy (non-hydrogen) atoms. The molecule has 0 aromatic carbocycles. The van der Waals surface area contributed by atoms with E-state index in [4.69, 9.17) is 9.15 Å². The lowest BCUT2D eigenvalue weighted by molar-refractivity contribution is 0.164. The highest BCUT2D eigenvalue weighted by Crippen LogP contribution is 2.14. The Kier molecular flexibility index (Phi) is 4.57. The second kappa shape index (κ2) is 6.41. The van der Waals surface area contributed by atoms with Gasteiger partial charge < -0.3 is 9.15 Å². The molecule has 2 rings (SSSR count). The minimum Gasteiger partial charge on any atom is -0.467 e. The highest BCUT2D eigenvalue weighted by atomic mass is 32.2. The molecule has 0 spiro atoms. The second-order valence-electron chi connectivity index (χ2n) is 3.24. The maximum absolute atomic E-state index is 5.26. The van der Waals surface area contributed by atoms with Crippen LogP contribution in [0, 0.1) is 0 Å². The quantitative estimate of drug-likeness (QED) is 0.550. The summed E-state index contributed by atoms with van der Waals surface area (Å²) in [6.45, 7) is 3.97. The highest BCUT2D eigenvalue weighted by Gasteiger charge is 2.08. The van der Waals surface area contributed by atoms with Crippen molar-refractivity contribution >= 4 is 11.8 Å². The zero-order valence-corrected chi connectivity index (χ0v) is 10.4. The number of rotatable bonds is 7. The molecule has 0 radical (unpaired) electrons. The number of furan rings is 1. The summed E-state index contributed by atoms with van der Waals surface area (Å²) in [5.74, 6) is 1.68. The molecule has 0 aliphatic carbocycles. The van der Waals surface area contributed by atoms with Gasteiger partial charge in [-0.3, -0.25) is 0 Å². The van der Waals surface area contributed by atoms with Gasteiger partial charge in [-0.1, -0.05) is 11.8 Å². The Hall–Kier alpha value is -1.34. The Bertz CT molecular complexity index is 429. The van der Waals surface area contributed by atoms with Crippen molar-refractivity contribution in [2.75, 3.05) is 19.0 Å².